The summed E-state index contributed by atoms with van der Waals surface area (Å²) in [5.41, 5.74) is 2.53. The molecule has 4 rings (SSSR count). The minimum atomic E-state index is -0.0919. The van der Waals surface area contributed by atoms with E-state index in [0.29, 0.717) is 18.7 Å². The summed E-state index contributed by atoms with van der Waals surface area (Å²) in [7, 11) is 0. The van der Waals surface area contributed by atoms with E-state index in [1.807, 2.05) is 19.1 Å². The third-order valence-electron chi connectivity index (χ3n) is 4.80. The SMILES string of the molecule is Cc1nc(N2CCCCC2)sc1CNC(=O)c1ccc2c(c1)COCO2. The van der Waals surface area contributed by atoms with E-state index in [1.54, 1.807) is 17.4 Å². The lowest BCUT2D eigenvalue weighted by Gasteiger charge is -2.25. The van der Waals surface area contributed by atoms with Crippen LogP contribution in [0.15, 0.2) is 18.2 Å². The fraction of sp³-hybridized carbons (Fsp3) is 0.474. The van der Waals surface area contributed by atoms with E-state index in [9.17, 15) is 4.79 Å². The molecular formula is C19H23N3O3S. The highest BCUT2D eigenvalue weighted by molar-refractivity contribution is 7.15. The van der Waals surface area contributed by atoms with Gasteiger partial charge in [0.2, 0.25) is 0 Å². The van der Waals surface area contributed by atoms with Gasteiger partial charge in [0.05, 0.1) is 18.8 Å². The van der Waals surface area contributed by atoms with E-state index in [-0.39, 0.29) is 12.7 Å². The van der Waals surface area contributed by atoms with Gasteiger partial charge in [-0.05, 0) is 44.4 Å². The van der Waals surface area contributed by atoms with Gasteiger partial charge in [-0.3, -0.25) is 4.79 Å². The first-order chi connectivity index (χ1) is 12.7. The van der Waals surface area contributed by atoms with E-state index >= 15 is 0 Å². The Kier molecular flexibility index (Phi) is 5.08. The van der Waals surface area contributed by atoms with Crippen LogP contribution in [0.2, 0.25) is 0 Å². The fourth-order valence-corrected chi connectivity index (χ4v) is 4.34. The molecule has 0 unspecified atom stereocenters. The maximum Gasteiger partial charge on any atom is 0.251 e. The second-order valence-electron chi connectivity index (χ2n) is 6.67. The molecule has 3 heterocycles. The number of fused-ring (bicyclic) bond motifs is 1. The summed E-state index contributed by atoms with van der Waals surface area (Å²) >= 11 is 1.69. The van der Waals surface area contributed by atoms with Gasteiger partial charge in [-0.25, -0.2) is 4.98 Å². The zero-order chi connectivity index (χ0) is 17.9. The molecule has 0 radical (unpaired) electrons. The Bertz CT molecular complexity index is 799. The lowest BCUT2D eigenvalue weighted by molar-refractivity contribution is -0.0163. The molecule has 2 aliphatic heterocycles. The molecule has 2 aliphatic rings. The number of hydrogen-bond acceptors (Lipinski definition) is 6. The molecule has 0 saturated carbocycles. The summed E-state index contributed by atoms with van der Waals surface area (Å²) in [6, 6.07) is 5.46. The van der Waals surface area contributed by atoms with Crippen LogP contribution in [0.1, 0.15) is 45.8 Å². The molecule has 0 bridgehead atoms. The smallest absolute Gasteiger partial charge is 0.251 e. The van der Waals surface area contributed by atoms with Gasteiger partial charge >= 0.3 is 0 Å². The summed E-state index contributed by atoms with van der Waals surface area (Å²) in [5.74, 6) is 0.697. The number of benzene rings is 1. The molecule has 26 heavy (non-hydrogen) atoms. The molecule has 1 amide bonds. The highest BCUT2D eigenvalue weighted by Crippen LogP contribution is 2.28. The Morgan fingerprint density at radius 1 is 1.31 bits per heavy atom. The van der Waals surface area contributed by atoms with Crippen molar-refractivity contribution in [2.45, 2.75) is 39.3 Å². The number of thiazole rings is 1. The zero-order valence-electron chi connectivity index (χ0n) is 14.9. The van der Waals surface area contributed by atoms with Crippen LogP contribution in [0.3, 0.4) is 0 Å². The minimum Gasteiger partial charge on any atom is -0.467 e. The van der Waals surface area contributed by atoms with Gasteiger partial charge in [-0.1, -0.05) is 11.3 Å². The van der Waals surface area contributed by atoms with Crippen molar-refractivity contribution in [3.05, 3.63) is 39.9 Å². The molecule has 1 saturated heterocycles. The molecule has 0 aliphatic carbocycles. The largest absolute Gasteiger partial charge is 0.467 e. The van der Waals surface area contributed by atoms with Gasteiger partial charge in [0.25, 0.3) is 5.91 Å². The van der Waals surface area contributed by atoms with Crippen LogP contribution in [0, 0.1) is 6.92 Å². The number of piperidine rings is 1. The number of ether oxygens (including phenoxy) is 2. The van der Waals surface area contributed by atoms with Crippen molar-refractivity contribution >= 4 is 22.4 Å². The van der Waals surface area contributed by atoms with Crippen LogP contribution < -0.4 is 15.0 Å². The third kappa shape index (κ3) is 3.68. The first-order valence-corrected chi connectivity index (χ1v) is 9.85. The quantitative estimate of drug-likeness (QED) is 0.891. The highest BCUT2D eigenvalue weighted by atomic mass is 32.1. The monoisotopic (exact) mass is 373 g/mol. The summed E-state index contributed by atoms with van der Waals surface area (Å²) in [5, 5.41) is 4.09. The van der Waals surface area contributed by atoms with Crippen molar-refractivity contribution in [1.82, 2.24) is 10.3 Å². The maximum atomic E-state index is 12.5. The van der Waals surface area contributed by atoms with Gasteiger partial charge in [0, 0.05) is 29.1 Å². The number of carbonyl (C=O) groups is 1. The molecule has 1 aromatic heterocycles. The van der Waals surface area contributed by atoms with Gasteiger partial charge < -0.3 is 19.7 Å². The Morgan fingerprint density at radius 3 is 3.00 bits per heavy atom. The topological polar surface area (TPSA) is 63.7 Å². The number of nitrogens with zero attached hydrogens (tertiary/aromatic N) is 2. The Balaban J connectivity index is 1.40. The average molecular weight is 373 g/mol. The number of aryl methyl sites for hydroxylation is 1. The number of amides is 1. The number of rotatable bonds is 4. The molecular weight excluding hydrogens is 350 g/mol. The average Bonchev–Trinajstić information content (AvgIpc) is 3.07. The predicted molar refractivity (Wildman–Crippen MR) is 101 cm³/mol. The van der Waals surface area contributed by atoms with Crippen molar-refractivity contribution in [3.63, 3.8) is 0 Å². The third-order valence-corrected chi connectivity index (χ3v) is 6.01. The molecule has 2 aromatic rings. The van der Waals surface area contributed by atoms with Crippen LogP contribution in [-0.4, -0.2) is 30.8 Å². The Labute approximate surface area is 157 Å². The van der Waals surface area contributed by atoms with Crippen molar-refractivity contribution in [2.75, 3.05) is 24.8 Å². The van der Waals surface area contributed by atoms with E-state index < -0.39 is 0 Å². The fourth-order valence-electron chi connectivity index (χ4n) is 3.29. The first kappa shape index (κ1) is 17.3. The second-order valence-corrected chi connectivity index (χ2v) is 7.73. The molecule has 0 atom stereocenters. The van der Waals surface area contributed by atoms with Crippen molar-refractivity contribution in [3.8, 4) is 5.75 Å². The number of aromatic nitrogens is 1. The van der Waals surface area contributed by atoms with Crippen molar-refractivity contribution in [2.24, 2.45) is 0 Å². The van der Waals surface area contributed by atoms with E-state index in [0.717, 1.165) is 40.1 Å². The minimum absolute atomic E-state index is 0.0919. The molecule has 6 nitrogen and oxygen atoms in total. The second kappa shape index (κ2) is 7.63. The predicted octanol–water partition coefficient (Wildman–Crippen LogP) is 3.24. The number of hydrogen-bond donors (Lipinski definition) is 1. The molecule has 138 valence electrons. The molecule has 1 fully saturated rings. The standard InChI is InChI=1S/C19H23N3O3S/c1-13-17(26-19(21-13)22-7-3-2-4-8-22)10-20-18(23)14-5-6-16-15(9-14)11-24-12-25-16/h5-6,9H,2-4,7-8,10-12H2,1H3,(H,20,23). The first-order valence-electron chi connectivity index (χ1n) is 9.03. The molecule has 1 aromatic carbocycles. The van der Waals surface area contributed by atoms with Crippen LogP contribution in [0.25, 0.3) is 0 Å². The van der Waals surface area contributed by atoms with Gasteiger partial charge in [-0.15, -0.1) is 0 Å². The zero-order valence-corrected chi connectivity index (χ0v) is 15.7. The summed E-state index contributed by atoms with van der Waals surface area (Å²) in [6.45, 7) is 5.42. The van der Waals surface area contributed by atoms with Gasteiger partial charge in [-0.2, -0.15) is 0 Å². The van der Waals surface area contributed by atoms with Gasteiger partial charge in [0.1, 0.15) is 5.75 Å². The van der Waals surface area contributed by atoms with E-state index in [2.05, 4.69) is 10.2 Å². The van der Waals surface area contributed by atoms with Crippen LogP contribution in [0.4, 0.5) is 5.13 Å². The number of carbonyl (C=O) groups excluding carboxylic acids is 1. The van der Waals surface area contributed by atoms with E-state index in [4.69, 9.17) is 14.5 Å². The summed E-state index contributed by atoms with van der Waals surface area (Å²) < 4.78 is 10.7. The lowest BCUT2D eigenvalue weighted by atomic mass is 10.1. The Morgan fingerprint density at radius 2 is 2.15 bits per heavy atom. The molecule has 0 spiro atoms. The van der Waals surface area contributed by atoms with E-state index in [1.165, 1.54) is 19.3 Å². The lowest BCUT2D eigenvalue weighted by Crippen LogP contribution is -2.29. The number of anilines is 1. The number of nitrogens with one attached hydrogen (secondary N) is 1. The van der Waals surface area contributed by atoms with Crippen LogP contribution in [0.5, 0.6) is 5.75 Å². The normalized spacial score (nSPS) is 16.7. The molecule has 7 heteroatoms. The van der Waals surface area contributed by atoms with Gasteiger partial charge in [0.15, 0.2) is 11.9 Å². The van der Waals surface area contributed by atoms with Crippen LogP contribution in [-0.2, 0) is 17.9 Å². The van der Waals surface area contributed by atoms with Crippen molar-refractivity contribution in [1.29, 1.82) is 0 Å². The Hall–Kier alpha value is -2.12. The molecule has 1 N–H and O–H groups in total. The summed E-state index contributed by atoms with van der Waals surface area (Å²) in [4.78, 5) is 20.7. The van der Waals surface area contributed by atoms with Crippen LogP contribution >= 0.6 is 11.3 Å². The van der Waals surface area contributed by atoms with Crippen molar-refractivity contribution < 1.29 is 14.3 Å². The maximum absolute atomic E-state index is 12.5. The highest BCUT2D eigenvalue weighted by Gasteiger charge is 2.18. The summed E-state index contributed by atoms with van der Waals surface area (Å²) in [6.07, 6.45) is 3.77.